The molecule has 0 aromatic heterocycles. The number of amides is 1. The molecular weight excluding hydrogens is 234 g/mol. The highest BCUT2D eigenvalue weighted by Crippen LogP contribution is 2.22. The molecule has 0 N–H and O–H groups in total. The second-order valence-electron chi connectivity index (χ2n) is 6.50. The standard InChI is InChI=1S/C17H27NO/c1-6-14(2)18(16(19)12-17(3,4)5)13-15-10-8-7-9-11-15/h7-11,14H,6,12-13H2,1-5H3. The first-order valence-corrected chi connectivity index (χ1v) is 7.17. The van der Waals surface area contributed by atoms with Crippen LogP contribution >= 0.6 is 0 Å². The Morgan fingerprint density at radius 1 is 1.21 bits per heavy atom. The van der Waals surface area contributed by atoms with Gasteiger partial charge >= 0.3 is 0 Å². The van der Waals surface area contributed by atoms with Crippen molar-refractivity contribution in [2.24, 2.45) is 5.41 Å². The summed E-state index contributed by atoms with van der Waals surface area (Å²) in [4.78, 5) is 14.5. The molecular formula is C17H27NO. The zero-order valence-corrected chi connectivity index (χ0v) is 12.9. The quantitative estimate of drug-likeness (QED) is 0.776. The number of rotatable bonds is 5. The fourth-order valence-corrected chi connectivity index (χ4v) is 2.05. The lowest BCUT2D eigenvalue weighted by Gasteiger charge is -2.31. The van der Waals surface area contributed by atoms with Crippen LogP contribution in [-0.4, -0.2) is 16.8 Å². The van der Waals surface area contributed by atoms with Gasteiger partial charge in [-0.25, -0.2) is 0 Å². The molecule has 1 aromatic rings. The molecule has 0 heterocycles. The van der Waals surface area contributed by atoms with Crippen LogP contribution in [0.4, 0.5) is 0 Å². The number of carbonyl (C=O) groups excluding carboxylic acids is 1. The van der Waals surface area contributed by atoms with E-state index in [1.165, 1.54) is 5.56 Å². The van der Waals surface area contributed by atoms with Crippen molar-refractivity contribution in [3.05, 3.63) is 35.9 Å². The van der Waals surface area contributed by atoms with Crippen molar-refractivity contribution in [2.75, 3.05) is 0 Å². The summed E-state index contributed by atoms with van der Waals surface area (Å²) in [5, 5.41) is 0. The molecule has 0 radical (unpaired) electrons. The van der Waals surface area contributed by atoms with Gasteiger partial charge in [0.25, 0.3) is 0 Å². The third-order valence-electron chi connectivity index (χ3n) is 3.32. The Bertz CT molecular complexity index is 391. The van der Waals surface area contributed by atoms with Crippen molar-refractivity contribution >= 4 is 5.91 Å². The summed E-state index contributed by atoms with van der Waals surface area (Å²) in [6.45, 7) is 11.3. The Kier molecular flexibility index (Phi) is 5.59. The van der Waals surface area contributed by atoms with E-state index in [-0.39, 0.29) is 17.4 Å². The molecule has 0 bridgehead atoms. The molecule has 0 aliphatic carbocycles. The van der Waals surface area contributed by atoms with Crippen LogP contribution in [0.1, 0.15) is 53.0 Å². The Labute approximate surface area is 117 Å². The van der Waals surface area contributed by atoms with Crippen LogP contribution in [0.2, 0.25) is 0 Å². The Hall–Kier alpha value is -1.31. The molecule has 1 rings (SSSR count). The van der Waals surface area contributed by atoms with Gasteiger partial charge in [-0.15, -0.1) is 0 Å². The number of carbonyl (C=O) groups is 1. The van der Waals surface area contributed by atoms with E-state index < -0.39 is 0 Å². The highest BCUT2D eigenvalue weighted by Gasteiger charge is 2.24. The minimum absolute atomic E-state index is 0.0412. The summed E-state index contributed by atoms with van der Waals surface area (Å²) in [5.74, 6) is 0.255. The summed E-state index contributed by atoms with van der Waals surface area (Å²) >= 11 is 0. The van der Waals surface area contributed by atoms with Gasteiger partial charge in [0.15, 0.2) is 0 Å². The summed E-state index contributed by atoms with van der Waals surface area (Å²) in [5.41, 5.74) is 1.24. The van der Waals surface area contributed by atoms with Crippen molar-refractivity contribution in [3.63, 3.8) is 0 Å². The summed E-state index contributed by atoms with van der Waals surface area (Å²) in [6, 6.07) is 10.5. The van der Waals surface area contributed by atoms with Gasteiger partial charge in [0.05, 0.1) is 0 Å². The first-order chi connectivity index (χ1) is 8.83. The Morgan fingerprint density at radius 3 is 2.26 bits per heavy atom. The highest BCUT2D eigenvalue weighted by molar-refractivity contribution is 5.77. The molecule has 106 valence electrons. The van der Waals surface area contributed by atoms with Crippen molar-refractivity contribution in [3.8, 4) is 0 Å². The fraction of sp³-hybridized carbons (Fsp3) is 0.588. The first-order valence-electron chi connectivity index (χ1n) is 7.17. The molecule has 2 heteroatoms. The molecule has 2 nitrogen and oxygen atoms in total. The van der Waals surface area contributed by atoms with Crippen LogP contribution in [0.15, 0.2) is 30.3 Å². The maximum atomic E-state index is 12.5. The Morgan fingerprint density at radius 2 is 1.79 bits per heavy atom. The maximum Gasteiger partial charge on any atom is 0.223 e. The minimum atomic E-state index is 0.0412. The van der Waals surface area contributed by atoms with Crippen molar-refractivity contribution in [1.82, 2.24) is 4.90 Å². The molecule has 19 heavy (non-hydrogen) atoms. The first kappa shape index (κ1) is 15.7. The third-order valence-corrected chi connectivity index (χ3v) is 3.32. The second-order valence-corrected chi connectivity index (χ2v) is 6.50. The fourth-order valence-electron chi connectivity index (χ4n) is 2.05. The number of benzene rings is 1. The van der Waals surface area contributed by atoms with Crippen LogP contribution in [-0.2, 0) is 11.3 Å². The summed E-state index contributed by atoms with van der Waals surface area (Å²) < 4.78 is 0. The van der Waals surface area contributed by atoms with E-state index in [4.69, 9.17) is 0 Å². The van der Waals surface area contributed by atoms with E-state index in [2.05, 4.69) is 46.8 Å². The van der Waals surface area contributed by atoms with Crippen molar-refractivity contribution in [2.45, 2.75) is 60.0 Å². The molecule has 0 aliphatic heterocycles. The van der Waals surface area contributed by atoms with E-state index in [0.717, 1.165) is 6.42 Å². The highest BCUT2D eigenvalue weighted by atomic mass is 16.2. The van der Waals surface area contributed by atoms with Crippen LogP contribution < -0.4 is 0 Å². The molecule has 0 aliphatic rings. The van der Waals surface area contributed by atoms with Gasteiger partial charge in [0, 0.05) is 19.0 Å². The van der Waals surface area contributed by atoms with Gasteiger partial charge < -0.3 is 4.90 Å². The van der Waals surface area contributed by atoms with E-state index in [1.807, 2.05) is 23.1 Å². The molecule has 0 spiro atoms. The summed E-state index contributed by atoms with van der Waals surface area (Å²) in [7, 11) is 0. The van der Waals surface area contributed by atoms with Crippen molar-refractivity contribution in [1.29, 1.82) is 0 Å². The zero-order chi connectivity index (χ0) is 14.5. The zero-order valence-electron chi connectivity index (χ0n) is 12.9. The molecule has 0 saturated heterocycles. The lowest BCUT2D eigenvalue weighted by Crippen LogP contribution is -2.39. The van der Waals surface area contributed by atoms with Gasteiger partial charge in [-0.05, 0) is 24.3 Å². The second kappa shape index (κ2) is 6.74. The molecule has 1 unspecified atom stereocenters. The molecule has 0 fully saturated rings. The lowest BCUT2D eigenvalue weighted by atomic mass is 9.91. The third kappa shape index (κ3) is 5.46. The molecule has 1 aromatic carbocycles. The minimum Gasteiger partial charge on any atom is -0.336 e. The average molecular weight is 261 g/mol. The van der Waals surface area contributed by atoms with E-state index >= 15 is 0 Å². The van der Waals surface area contributed by atoms with Gasteiger partial charge in [0.2, 0.25) is 5.91 Å². The SMILES string of the molecule is CCC(C)N(Cc1ccccc1)C(=O)CC(C)(C)C. The van der Waals surface area contributed by atoms with Crippen molar-refractivity contribution < 1.29 is 4.79 Å². The van der Waals surface area contributed by atoms with Gasteiger partial charge in [-0.3, -0.25) is 4.79 Å². The largest absolute Gasteiger partial charge is 0.336 e. The van der Waals surface area contributed by atoms with E-state index in [9.17, 15) is 4.79 Å². The van der Waals surface area contributed by atoms with E-state index in [0.29, 0.717) is 13.0 Å². The van der Waals surface area contributed by atoms with Crippen LogP contribution in [0.25, 0.3) is 0 Å². The predicted octanol–water partition coefficient (Wildman–Crippen LogP) is 4.25. The van der Waals surface area contributed by atoms with Gasteiger partial charge in [-0.1, -0.05) is 58.0 Å². The lowest BCUT2D eigenvalue weighted by molar-refractivity contribution is -0.135. The predicted molar refractivity (Wildman–Crippen MR) is 80.8 cm³/mol. The normalized spacial score (nSPS) is 13.1. The van der Waals surface area contributed by atoms with Gasteiger partial charge in [-0.2, -0.15) is 0 Å². The summed E-state index contributed by atoms with van der Waals surface area (Å²) in [6.07, 6.45) is 1.59. The van der Waals surface area contributed by atoms with Crippen LogP contribution in [0, 0.1) is 5.41 Å². The smallest absolute Gasteiger partial charge is 0.223 e. The number of nitrogens with zero attached hydrogens (tertiary/aromatic N) is 1. The van der Waals surface area contributed by atoms with Crippen LogP contribution in [0.5, 0.6) is 0 Å². The molecule has 1 amide bonds. The number of hydrogen-bond donors (Lipinski definition) is 0. The maximum absolute atomic E-state index is 12.5. The monoisotopic (exact) mass is 261 g/mol. The topological polar surface area (TPSA) is 20.3 Å². The average Bonchev–Trinajstić information content (AvgIpc) is 2.34. The van der Waals surface area contributed by atoms with Gasteiger partial charge in [0.1, 0.15) is 0 Å². The number of hydrogen-bond acceptors (Lipinski definition) is 1. The van der Waals surface area contributed by atoms with Crippen LogP contribution in [0.3, 0.4) is 0 Å². The van der Waals surface area contributed by atoms with E-state index in [1.54, 1.807) is 0 Å². The molecule has 0 saturated carbocycles. The molecule has 1 atom stereocenters. The Balaban J connectivity index is 2.81.